The molecule has 126 valence electrons. The Balaban J connectivity index is 0.00000441. The van der Waals surface area contributed by atoms with Crippen molar-refractivity contribution in [2.24, 2.45) is 10.7 Å². The van der Waals surface area contributed by atoms with E-state index in [1.165, 1.54) is 24.8 Å². The van der Waals surface area contributed by atoms with Gasteiger partial charge < -0.3 is 15.8 Å². The molecule has 22 heavy (non-hydrogen) atoms. The second-order valence-electron chi connectivity index (χ2n) is 5.05. The maximum atomic E-state index is 5.86. The fraction of sp³-hybridized carbons (Fsp3) is 0.588. The molecule has 0 fully saturated rings. The van der Waals surface area contributed by atoms with Gasteiger partial charge >= 0.3 is 0 Å². The quantitative estimate of drug-likeness (QED) is 0.263. The molecule has 0 aliphatic rings. The van der Waals surface area contributed by atoms with Gasteiger partial charge in [-0.25, -0.2) is 0 Å². The molecular weight excluding hydrogens is 389 g/mol. The normalized spacial score (nSPS) is 10.9. The number of halogens is 1. The van der Waals surface area contributed by atoms with E-state index >= 15 is 0 Å². The molecule has 1 aromatic carbocycles. The van der Waals surface area contributed by atoms with E-state index in [4.69, 9.17) is 10.5 Å². The summed E-state index contributed by atoms with van der Waals surface area (Å²) in [5.74, 6) is 1.50. The van der Waals surface area contributed by atoms with Crippen LogP contribution in [-0.2, 0) is 6.42 Å². The van der Waals surface area contributed by atoms with Gasteiger partial charge in [-0.1, -0.05) is 44.4 Å². The molecular formula is C17H30IN3O. The fourth-order valence-electron chi connectivity index (χ4n) is 2.13. The van der Waals surface area contributed by atoms with Gasteiger partial charge in [-0.15, -0.1) is 24.0 Å². The van der Waals surface area contributed by atoms with E-state index in [0.717, 1.165) is 31.7 Å². The average molecular weight is 419 g/mol. The van der Waals surface area contributed by atoms with Gasteiger partial charge in [0.25, 0.3) is 0 Å². The molecule has 0 saturated carbocycles. The van der Waals surface area contributed by atoms with Gasteiger partial charge in [0, 0.05) is 13.1 Å². The van der Waals surface area contributed by atoms with Crippen LogP contribution in [0.1, 0.15) is 45.1 Å². The minimum atomic E-state index is 0. The molecule has 1 aromatic rings. The Kier molecular flexibility index (Phi) is 13.1. The van der Waals surface area contributed by atoms with Crippen molar-refractivity contribution in [3.05, 3.63) is 29.8 Å². The lowest BCUT2D eigenvalue weighted by Crippen LogP contribution is -2.33. The van der Waals surface area contributed by atoms with E-state index in [-0.39, 0.29) is 24.0 Å². The molecule has 0 spiro atoms. The average Bonchev–Trinajstić information content (AvgIpc) is 2.49. The zero-order chi connectivity index (χ0) is 15.3. The van der Waals surface area contributed by atoms with Crippen LogP contribution in [0.15, 0.2) is 29.3 Å². The molecule has 5 heteroatoms. The first-order valence-electron chi connectivity index (χ1n) is 8.02. The molecule has 1 rings (SSSR count). The van der Waals surface area contributed by atoms with E-state index < -0.39 is 0 Å². The third kappa shape index (κ3) is 9.12. The number of aliphatic imine (C=N–C) groups is 1. The van der Waals surface area contributed by atoms with Crippen molar-refractivity contribution in [1.82, 2.24) is 5.32 Å². The highest BCUT2D eigenvalue weighted by Gasteiger charge is 2.02. The Morgan fingerprint density at radius 3 is 2.68 bits per heavy atom. The number of hydrogen-bond donors (Lipinski definition) is 2. The van der Waals surface area contributed by atoms with Gasteiger partial charge in [-0.3, -0.25) is 4.99 Å². The van der Waals surface area contributed by atoms with E-state index in [2.05, 4.69) is 23.3 Å². The van der Waals surface area contributed by atoms with Crippen LogP contribution in [0.4, 0.5) is 0 Å². The molecule has 3 N–H and O–H groups in total. The van der Waals surface area contributed by atoms with Crippen LogP contribution in [0.3, 0.4) is 0 Å². The van der Waals surface area contributed by atoms with Crippen LogP contribution in [-0.4, -0.2) is 25.7 Å². The summed E-state index contributed by atoms with van der Waals surface area (Å²) in [7, 11) is 0. The number of unbranched alkanes of at least 4 members (excludes halogenated alkanes) is 3. The molecule has 0 saturated heterocycles. The third-order valence-corrected chi connectivity index (χ3v) is 3.27. The highest BCUT2D eigenvalue weighted by molar-refractivity contribution is 14.0. The van der Waals surface area contributed by atoms with Crippen LogP contribution >= 0.6 is 24.0 Å². The summed E-state index contributed by atoms with van der Waals surface area (Å²) in [6, 6.07) is 8.12. The fourth-order valence-corrected chi connectivity index (χ4v) is 2.13. The Hall–Kier alpha value is -0.980. The second-order valence-corrected chi connectivity index (χ2v) is 5.05. The molecule has 0 atom stereocenters. The number of nitrogens with one attached hydrogen (secondary N) is 1. The summed E-state index contributed by atoms with van der Waals surface area (Å²) in [6.07, 6.45) is 5.74. The topological polar surface area (TPSA) is 59.6 Å². The first-order chi connectivity index (χ1) is 10.3. The van der Waals surface area contributed by atoms with Crippen molar-refractivity contribution < 1.29 is 4.74 Å². The number of benzene rings is 1. The van der Waals surface area contributed by atoms with Gasteiger partial charge in [0.05, 0.1) is 6.61 Å². The largest absolute Gasteiger partial charge is 0.494 e. The van der Waals surface area contributed by atoms with Crippen molar-refractivity contribution in [3.8, 4) is 5.75 Å². The maximum absolute atomic E-state index is 5.86. The smallest absolute Gasteiger partial charge is 0.188 e. The first-order valence-corrected chi connectivity index (χ1v) is 8.02. The standard InChI is InChI=1S/C17H29N3O.HI/c1-3-5-6-9-13-19-17(18)20-14-12-15-10-7-8-11-16(15)21-4-2;/h7-8,10-11H,3-6,9,12-14H2,1-2H3,(H3,18,19,20);1H. The molecule has 0 aromatic heterocycles. The molecule has 0 bridgehead atoms. The Morgan fingerprint density at radius 1 is 1.18 bits per heavy atom. The van der Waals surface area contributed by atoms with Crippen molar-refractivity contribution >= 4 is 29.9 Å². The minimum absolute atomic E-state index is 0. The lowest BCUT2D eigenvalue weighted by molar-refractivity contribution is 0.336. The maximum Gasteiger partial charge on any atom is 0.188 e. The number of guanidine groups is 1. The van der Waals surface area contributed by atoms with Gasteiger partial charge in [0.1, 0.15) is 5.75 Å². The Labute approximate surface area is 151 Å². The van der Waals surface area contributed by atoms with Gasteiger partial charge in [-0.2, -0.15) is 0 Å². The molecule has 0 aliphatic heterocycles. The molecule has 0 amide bonds. The lowest BCUT2D eigenvalue weighted by atomic mass is 10.1. The van der Waals surface area contributed by atoms with Crippen LogP contribution in [0.5, 0.6) is 5.75 Å². The van der Waals surface area contributed by atoms with Crippen LogP contribution in [0.2, 0.25) is 0 Å². The molecule has 0 heterocycles. The number of para-hydroxylation sites is 1. The van der Waals surface area contributed by atoms with E-state index in [9.17, 15) is 0 Å². The van der Waals surface area contributed by atoms with Crippen molar-refractivity contribution in [2.75, 3.05) is 19.7 Å². The highest BCUT2D eigenvalue weighted by atomic mass is 127. The second kappa shape index (κ2) is 13.7. The highest BCUT2D eigenvalue weighted by Crippen LogP contribution is 2.17. The summed E-state index contributed by atoms with van der Waals surface area (Å²) in [4.78, 5) is 4.34. The molecule has 0 aliphatic carbocycles. The number of nitrogens with two attached hydrogens (primary N) is 1. The van der Waals surface area contributed by atoms with Gasteiger partial charge in [-0.05, 0) is 31.4 Å². The Bertz CT molecular complexity index is 424. The predicted octanol–water partition coefficient (Wildman–Crippen LogP) is 3.73. The van der Waals surface area contributed by atoms with Gasteiger partial charge in [0.2, 0.25) is 0 Å². The summed E-state index contributed by atoms with van der Waals surface area (Å²) in [5.41, 5.74) is 7.05. The Morgan fingerprint density at radius 2 is 1.95 bits per heavy atom. The number of hydrogen-bond acceptors (Lipinski definition) is 2. The third-order valence-electron chi connectivity index (χ3n) is 3.27. The zero-order valence-electron chi connectivity index (χ0n) is 13.8. The monoisotopic (exact) mass is 419 g/mol. The first kappa shape index (κ1) is 21.0. The van der Waals surface area contributed by atoms with Gasteiger partial charge in [0.15, 0.2) is 5.96 Å². The number of ether oxygens (including phenoxy) is 1. The molecule has 4 nitrogen and oxygen atoms in total. The summed E-state index contributed by atoms with van der Waals surface area (Å²) >= 11 is 0. The molecule has 0 radical (unpaired) electrons. The summed E-state index contributed by atoms with van der Waals surface area (Å²) in [5, 5.41) is 3.16. The van der Waals surface area contributed by atoms with Crippen molar-refractivity contribution in [3.63, 3.8) is 0 Å². The predicted molar refractivity (Wildman–Crippen MR) is 105 cm³/mol. The number of nitrogens with zero attached hydrogens (tertiary/aromatic N) is 1. The van der Waals surface area contributed by atoms with Crippen LogP contribution in [0.25, 0.3) is 0 Å². The lowest BCUT2D eigenvalue weighted by Gasteiger charge is -2.10. The van der Waals surface area contributed by atoms with Crippen molar-refractivity contribution in [2.45, 2.75) is 46.0 Å². The van der Waals surface area contributed by atoms with Crippen LogP contribution in [0, 0.1) is 0 Å². The zero-order valence-corrected chi connectivity index (χ0v) is 16.1. The summed E-state index contributed by atoms with van der Waals surface area (Å²) in [6.45, 7) is 6.48. The SMILES string of the molecule is CCCCCCN=C(N)NCCc1ccccc1OCC.I. The van der Waals surface area contributed by atoms with E-state index in [1.54, 1.807) is 0 Å². The van der Waals surface area contributed by atoms with E-state index in [0.29, 0.717) is 12.6 Å². The summed E-state index contributed by atoms with van der Waals surface area (Å²) < 4.78 is 5.61. The van der Waals surface area contributed by atoms with Crippen LogP contribution < -0.4 is 15.8 Å². The van der Waals surface area contributed by atoms with E-state index in [1.807, 2.05) is 25.1 Å². The minimum Gasteiger partial charge on any atom is -0.494 e. The van der Waals surface area contributed by atoms with Crippen molar-refractivity contribution in [1.29, 1.82) is 0 Å². The number of rotatable bonds is 10. The molecule has 0 unspecified atom stereocenters.